The van der Waals surface area contributed by atoms with Crippen LogP contribution in [0, 0.1) is 6.92 Å². The third-order valence-electron chi connectivity index (χ3n) is 2.83. The lowest BCUT2D eigenvalue weighted by molar-refractivity contribution is 0.111. The van der Waals surface area contributed by atoms with Crippen LogP contribution in [-0.2, 0) is 13.5 Å². The van der Waals surface area contributed by atoms with Crippen molar-refractivity contribution in [2.75, 3.05) is 0 Å². The molecule has 0 saturated heterocycles. The standard InChI is InChI=1S/C13H15N3O/c1-4-10-5-9(2)12(7-14-10)13-6-11(8-17)15-16(13)3/h5-8H,4H2,1-3H3. The predicted octanol–water partition coefficient (Wildman–Crippen LogP) is 2.17. The van der Waals surface area contributed by atoms with E-state index in [-0.39, 0.29) is 0 Å². The molecule has 2 aromatic rings. The van der Waals surface area contributed by atoms with Gasteiger partial charge in [-0.15, -0.1) is 0 Å². The van der Waals surface area contributed by atoms with Gasteiger partial charge in [0.15, 0.2) is 6.29 Å². The number of aromatic nitrogens is 3. The lowest BCUT2D eigenvalue weighted by Gasteiger charge is -2.07. The molecular formula is C13H15N3O. The highest BCUT2D eigenvalue weighted by Gasteiger charge is 2.10. The largest absolute Gasteiger partial charge is 0.296 e. The molecule has 4 heteroatoms. The summed E-state index contributed by atoms with van der Waals surface area (Å²) in [4.78, 5) is 15.1. The molecule has 0 bridgehead atoms. The van der Waals surface area contributed by atoms with Crippen LogP contribution in [0.2, 0.25) is 0 Å². The molecule has 0 aliphatic heterocycles. The molecular weight excluding hydrogens is 214 g/mol. The average molecular weight is 229 g/mol. The molecule has 0 aliphatic carbocycles. The fraction of sp³-hybridized carbons (Fsp3) is 0.308. The Morgan fingerprint density at radius 2 is 2.18 bits per heavy atom. The molecule has 2 aromatic heterocycles. The molecule has 4 nitrogen and oxygen atoms in total. The van der Waals surface area contributed by atoms with Gasteiger partial charge in [0.1, 0.15) is 5.69 Å². The van der Waals surface area contributed by atoms with E-state index in [0.29, 0.717) is 5.69 Å². The van der Waals surface area contributed by atoms with Gasteiger partial charge in [-0.1, -0.05) is 6.92 Å². The second-order valence-electron chi connectivity index (χ2n) is 4.04. The zero-order valence-electron chi connectivity index (χ0n) is 10.3. The van der Waals surface area contributed by atoms with Crippen LogP contribution < -0.4 is 0 Å². The molecule has 0 atom stereocenters. The first-order valence-corrected chi connectivity index (χ1v) is 5.60. The Morgan fingerprint density at radius 3 is 2.71 bits per heavy atom. The number of aryl methyl sites for hydroxylation is 3. The number of carbonyl (C=O) groups excluding carboxylic acids is 1. The van der Waals surface area contributed by atoms with E-state index in [0.717, 1.165) is 35.2 Å². The Balaban J connectivity index is 2.52. The predicted molar refractivity (Wildman–Crippen MR) is 65.9 cm³/mol. The van der Waals surface area contributed by atoms with Gasteiger partial charge in [0.2, 0.25) is 0 Å². The first-order valence-electron chi connectivity index (χ1n) is 5.60. The Bertz CT molecular complexity index is 558. The van der Waals surface area contributed by atoms with Crippen LogP contribution in [0.1, 0.15) is 28.7 Å². The summed E-state index contributed by atoms with van der Waals surface area (Å²) in [5.74, 6) is 0. The SMILES string of the molecule is CCc1cc(C)c(-c2cc(C=O)nn2C)cn1. The van der Waals surface area contributed by atoms with Gasteiger partial charge < -0.3 is 0 Å². The van der Waals surface area contributed by atoms with Crippen molar-refractivity contribution in [1.29, 1.82) is 0 Å². The van der Waals surface area contributed by atoms with Crippen molar-refractivity contribution < 1.29 is 4.79 Å². The van der Waals surface area contributed by atoms with Gasteiger partial charge in [0.25, 0.3) is 0 Å². The Morgan fingerprint density at radius 1 is 1.41 bits per heavy atom. The van der Waals surface area contributed by atoms with Crippen LogP contribution in [0.4, 0.5) is 0 Å². The van der Waals surface area contributed by atoms with E-state index in [1.54, 1.807) is 10.7 Å². The number of hydrogen-bond donors (Lipinski definition) is 0. The monoisotopic (exact) mass is 229 g/mol. The summed E-state index contributed by atoms with van der Waals surface area (Å²) in [6.45, 7) is 4.12. The van der Waals surface area contributed by atoms with Gasteiger partial charge in [0, 0.05) is 24.5 Å². The van der Waals surface area contributed by atoms with E-state index in [2.05, 4.69) is 23.1 Å². The number of pyridine rings is 1. The molecule has 0 spiro atoms. The summed E-state index contributed by atoms with van der Waals surface area (Å²) in [5.41, 5.74) is 4.60. The van der Waals surface area contributed by atoms with Crippen LogP contribution in [0.25, 0.3) is 11.3 Å². The number of nitrogens with zero attached hydrogens (tertiary/aromatic N) is 3. The molecule has 0 unspecified atom stereocenters. The van der Waals surface area contributed by atoms with Crippen molar-refractivity contribution in [1.82, 2.24) is 14.8 Å². The molecule has 0 saturated carbocycles. The van der Waals surface area contributed by atoms with Crippen molar-refractivity contribution in [3.05, 3.63) is 35.3 Å². The van der Waals surface area contributed by atoms with E-state index in [4.69, 9.17) is 0 Å². The van der Waals surface area contributed by atoms with Crippen molar-refractivity contribution in [2.24, 2.45) is 7.05 Å². The molecule has 0 radical (unpaired) electrons. The topological polar surface area (TPSA) is 47.8 Å². The smallest absolute Gasteiger partial charge is 0.170 e. The summed E-state index contributed by atoms with van der Waals surface area (Å²) in [6, 6.07) is 3.85. The maximum Gasteiger partial charge on any atom is 0.170 e. The van der Waals surface area contributed by atoms with Gasteiger partial charge >= 0.3 is 0 Å². The Kier molecular flexibility index (Phi) is 3.04. The number of carbonyl (C=O) groups is 1. The van der Waals surface area contributed by atoms with Crippen molar-refractivity contribution in [2.45, 2.75) is 20.3 Å². The lowest BCUT2D eigenvalue weighted by Crippen LogP contribution is -1.97. The molecule has 88 valence electrons. The minimum absolute atomic E-state index is 0.446. The number of hydrogen-bond acceptors (Lipinski definition) is 3. The molecule has 0 amide bonds. The fourth-order valence-corrected chi connectivity index (χ4v) is 1.87. The van der Waals surface area contributed by atoms with E-state index in [1.807, 2.05) is 20.2 Å². The van der Waals surface area contributed by atoms with Gasteiger partial charge in [-0.05, 0) is 31.0 Å². The van der Waals surface area contributed by atoms with E-state index < -0.39 is 0 Å². The normalized spacial score (nSPS) is 10.5. The summed E-state index contributed by atoms with van der Waals surface area (Å²) >= 11 is 0. The molecule has 0 aromatic carbocycles. The van der Waals surface area contributed by atoms with Crippen molar-refractivity contribution in [3.8, 4) is 11.3 Å². The van der Waals surface area contributed by atoms with Gasteiger partial charge in [-0.3, -0.25) is 14.5 Å². The highest BCUT2D eigenvalue weighted by atomic mass is 16.1. The van der Waals surface area contributed by atoms with Crippen LogP contribution in [-0.4, -0.2) is 21.1 Å². The first kappa shape index (κ1) is 11.5. The highest BCUT2D eigenvalue weighted by molar-refractivity contribution is 5.76. The number of aldehydes is 1. The van der Waals surface area contributed by atoms with Crippen LogP contribution >= 0.6 is 0 Å². The third-order valence-corrected chi connectivity index (χ3v) is 2.83. The lowest BCUT2D eigenvalue weighted by atomic mass is 10.1. The zero-order valence-corrected chi connectivity index (χ0v) is 10.3. The van der Waals surface area contributed by atoms with Crippen LogP contribution in [0.15, 0.2) is 18.3 Å². The summed E-state index contributed by atoms with van der Waals surface area (Å²) in [6.07, 6.45) is 3.53. The second-order valence-corrected chi connectivity index (χ2v) is 4.04. The van der Waals surface area contributed by atoms with Gasteiger partial charge in [-0.25, -0.2) is 0 Å². The van der Waals surface area contributed by atoms with Crippen molar-refractivity contribution in [3.63, 3.8) is 0 Å². The molecule has 0 fully saturated rings. The number of rotatable bonds is 3. The molecule has 2 rings (SSSR count). The first-order chi connectivity index (χ1) is 8.15. The van der Waals surface area contributed by atoms with Crippen LogP contribution in [0.5, 0.6) is 0 Å². The minimum atomic E-state index is 0.446. The molecule has 0 aliphatic rings. The van der Waals surface area contributed by atoms with E-state index in [9.17, 15) is 4.79 Å². The summed E-state index contributed by atoms with van der Waals surface area (Å²) < 4.78 is 1.71. The fourth-order valence-electron chi connectivity index (χ4n) is 1.87. The summed E-state index contributed by atoms with van der Waals surface area (Å²) in [7, 11) is 1.83. The highest BCUT2D eigenvalue weighted by Crippen LogP contribution is 2.23. The van der Waals surface area contributed by atoms with Gasteiger partial charge in [0.05, 0.1) is 5.69 Å². The van der Waals surface area contributed by atoms with Crippen molar-refractivity contribution >= 4 is 6.29 Å². The van der Waals surface area contributed by atoms with E-state index in [1.165, 1.54) is 0 Å². The quantitative estimate of drug-likeness (QED) is 0.758. The Hall–Kier alpha value is -1.97. The molecule has 17 heavy (non-hydrogen) atoms. The summed E-state index contributed by atoms with van der Waals surface area (Å²) in [5, 5.41) is 4.11. The van der Waals surface area contributed by atoms with Gasteiger partial charge in [-0.2, -0.15) is 5.10 Å². The average Bonchev–Trinajstić information content (AvgIpc) is 2.70. The molecule has 2 heterocycles. The molecule has 0 N–H and O–H groups in total. The maximum absolute atomic E-state index is 10.7. The van der Waals surface area contributed by atoms with Crippen LogP contribution in [0.3, 0.4) is 0 Å². The zero-order chi connectivity index (χ0) is 12.4. The minimum Gasteiger partial charge on any atom is -0.296 e. The maximum atomic E-state index is 10.7. The Labute approximate surface area is 100 Å². The van der Waals surface area contributed by atoms with E-state index >= 15 is 0 Å². The third kappa shape index (κ3) is 2.11. The second kappa shape index (κ2) is 4.49.